The summed E-state index contributed by atoms with van der Waals surface area (Å²) in [5.74, 6) is -0.251. The van der Waals surface area contributed by atoms with Crippen LogP contribution in [0.2, 0.25) is 0 Å². The summed E-state index contributed by atoms with van der Waals surface area (Å²) in [6.07, 6.45) is 8.99. The van der Waals surface area contributed by atoms with Gasteiger partial charge in [-0.2, -0.15) is 0 Å². The molecule has 0 heterocycles. The number of carboxylic acid groups (broad SMARTS) is 1. The lowest BCUT2D eigenvalue weighted by Crippen LogP contribution is -2.19. The first kappa shape index (κ1) is 18.7. The summed E-state index contributed by atoms with van der Waals surface area (Å²) in [4.78, 5) is 10.6. The third-order valence-electron chi connectivity index (χ3n) is 5.99. The number of rotatable bonds is 8. The lowest BCUT2D eigenvalue weighted by Gasteiger charge is -2.24. The van der Waals surface area contributed by atoms with E-state index in [2.05, 4.69) is 18.2 Å². The molecule has 0 bridgehead atoms. The predicted octanol–water partition coefficient (Wildman–Crippen LogP) is 4.67. The molecule has 2 N–H and O–H groups in total. The molecule has 0 spiro atoms. The predicted molar refractivity (Wildman–Crippen MR) is 100 cm³/mol. The van der Waals surface area contributed by atoms with Crippen LogP contribution in [0.5, 0.6) is 0 Å². The van der Waals surface area contributed by atoms with Gasteiger partial charge in [-0.15, -0.1) is 11.6 Å². The Morgan fingerprint density at radius 1 is 1.12 bits per heavy atom. The van der Waals surface area contributed by atoms with Gasteiger partial charge < -0.3 is 10.2 Å². The molecule has 1 aromatic carbocycles. The third kappa shape index (κ3) is 4.57. The van der Waals surface area contributed by atoms with Gasteiger partial charge in [0, 0.05) is 17.7 Å². The van der Waals surface area contributed by atoms with Crippen LogP contribution in [-0.2, 0) is 17.6 Å². The van der Waals surface area contributed by atoms with Gasteiger partial charge in [0.1, 0.15) is 0 Å². The Bertz CT molecular complexity index is 601. The molecule has 4 atom stereocenters. The highest BCUT2D eigenvalue weighted by Crippen LogP contribution is 2.46. The van der Waals surface area contributed by atoms with E-state index in [-0.39, 0.29) is 23.8 Å². The summed E-state index contributed by atoms with van der Waals surface area (Å²) in [7, 11) is 0. The summed E-state index contributed by atoms with van der Waals surface area (Å²) in [5, 5.41) is 19.3. The molecule has 1 aromatic rings. The van der Waals surface area contributed by atoms with E-state index >= 15 is 0 Å². The highest BCUT2D eigenvalue weighted by molar-refractivity contribution is 6.21. The third-order valence-corrected chi connectivity index (χ3v) is 6.49. The van der Waals surface area contributed by atoms with Gasteiger partial charge in [0.15, 0.2) is 0 Å². The smallest absolute Gasteiger partial charge is 0.303 e. The van der Waals surface area contributed by atoms with Crippen molar-refractivity contribution in [2.45, 2.75) is 81.6 Å². The maximum absolute atomic E-state index is 10.6. The number of aliphatic hydroxyl groups is 1. The Hall–Kier alpha value is -1.06. The first-order chi connectivity index (χ1) is 12.1. The monoisotopic (exact) mass is 364 g/mol. The van der Waals surface area contributed by atoms with E-state index in [1.54, 1.807) is 0 Å². The molecule has 0 radical (unpaired) electrons. The number of benzene rings is 1. The maximum atomic E-state index is 10.6. The van der Waals surface area contributed by atoms with Crippen molar-refractivity contribution < 1.29 is 15.0 Å². The van der Waals surface area contributed by atoms with Crippen LogP contribution in [-0.4, -0.2) is 27.7 Å². The van der Waals surface area contributed by atoms with E-state index in [9.17, 15) is 9.90 Å². The molecule has 0 aromatic heterocycles. The first-order valence-electron chi connectivity index (χ1n) is 9.72. The summed E-state index contributed by atoms with van der Waals surface area (Å²) in [6.45, 7) is 0. The number of aryl methyl sites for hydroxylation is 2. The standard InChI is InChI=1S/C21H29ClO3/c22-18-13-19(23)21(16-11-10-14-6-5-7-15(14)12-16)17(18)8-3-1-2-4-9-20(24)25/h10-12,17-19,21,23H,1-9,13H2,(H,24,25)/t17-,18-,19+,21+/m0/s1. The molecule has 3 nitrogen and oxygen atoms in total. The summed E-state index contributed by atoms with van der Waals surface area (Å²) < 4.78 is 0. The van der Waals surface area contributed by atoms with Crippen LogP contribution in [0.15, 0.2) is 18.2 Å². The van der Waals surface area contributed by atoms with Crippen LogP contribution in [0, 0.1) is 5.92 Å². The van der Waals surface area contributed by atoms with Gasteiger partial charge in [-0.25, -0.2) is 0 Å². The number of fused-ring (bicyclic) bond motifs is 1. The molecule has 25 heavy (non-hydrogen) atoms. The lowest BCUT2D eigenvalue weighted by atomic mass is 9.83. The van der Waals surface area contributed by atoms with Crippen molar-refractivity contribution in [1.29, 1.82) is 0 Å². The van der Waals surface area contributed by atoms with Gasteiger partial charge in [-0.05, 0) is 61.1 Å². The molecule has 1 saturated carbocycles. The fourth-order valence-electron chi connectivity index (χ4n) is 4.70. The number of hydrogen-bond donors (Lipinski definition) is 2. The van der Waals surface area contributed by atoms with Crippen LogP contribution in [0.1, 0.15) is 74.0 Å². The Kier molecular flexibility index (Phi) is 6.40. The second-order valence-electron chi connectivity index (χ2n) is 7.74. The van der Waals surface area contributed by atoms with Crippen molar-refractivity contribution in [3.05, 3.63) is 34.9 Å². The molecular weight excluding hydrogens is 336 g/mol. The fourth-order valence-corrected chi connectivity index (χ4v) is 5.17. The topological polar surface area (TPSA) is 57.5 Å². The van der Waals surface area contributed by atoms with Gasteiger partial charge in [-0.1, -0.05) is 37.5 Å². The molecule has 0 aliphatic heterocycles. The quantitative estimate of drug-likeness (QED) is 0.520. The van der Waals surface area contributed by atoms with E-state index in [1.807, 2.05) is 0 Å². The van der Waals surface area contributed by atoms with Crippen LogP contribution in [0.3, 0.4) is 0 Å². The average Bonchev–Trinajstić information content (AvgIpc) is 3.13. The number of halogens is 1. The summed E-state index contributed by atoms with van der Waals surface area (Å²) in [5.41, 5.74) is 4.18. The molecule has 2 aliphatic carbocycles. The number of alkyl halides is 1. The molecule has 0 amide bonds. The van der Waals surface area contributed by atoms with Crippen molar-refractivity contribution in [3.8, 4) is 0 Å². The molecule has 3 rings (SSSR count). The second kappa shape index (κ2) is 8.55. The van der Waals surface area contributed by atoms with E-state index in [0.717, 1.165) is 38.5 Å². The Morgan fingerprint density at radius 3 is 2.68 bits per heavy atom. The molecular formula is C21H29ClO3. The molecule has 1 fully saturated rings. The van der Waals surface area contributed by atoms with E-state index in [1.165, 1.54) is 29.5 Å². The fraction of sp³-hybridized carbons (Fsp3) is 0.667. The van der Waals surface area contributed by atoms with Crippen molar-refractivity contribution >= 4 is 17.6 Å². The zero-order valence-electron chi connectivity index (χ0n) is 14.8. The normalized spacial score (nSPS) is 28.2. The van der Waals surface area contributed by atoms with E-state index < -0.39 is 5.97 Å². The molecule has 2 aliphatic rings. The number of carboxylic acids is 1. The Labute approximate surface area is 155 Å². The Balaban J connectivity index is 1.58. The number of unbranched alkanes of at least 4 members (excludes halogenated alkanes) is 3. The van der Waals surface area contributed by atoms with Crippen molar-refractivity contribution in [3.63, 3.8) is 0 Å². The molecule has 4 heteroatoms. The van der Waals surface area contributed by atoms with E-state index in [0.29, 0.717) is 12.3 Å². The van der Waals surface area contributed by atoms with Gasteiger partial charge >= 0.3 is 5.97 Å². The molecule has 0 saturated heterocycles. The zero-order chi connectivity index (χ0) is 17.8. The number of aliphatic hydroxyl groups excluding tert-OH is 1. The van der Waals surface area contributed by atoms with Crippen molar-refractivity contribution in [1.82, 2.24) is 0 Å². The first-order valence-corrected chi connectivity index (χ1v) is 10.2. The van der Waals surface area contributed by atoms with Gasteiger partial charge in [-0.3, -0.25) is 4.79 Å². The van der Waals surface area contributed by atoms with Crippen LogP contribution in [0.4, 0.5) is 0 Å². The number of carbonyl (C=O) groups is 1. The second-order valence-corrected chi connectivity index (χ2v) is 8.30. The largest absolute Gasteiger partial charge is 0.481 e. The van der Waals surface area contributed by atoms with Crippen molar-refractivity contribution in [2.24, 2.45) is 5.92 Å². The highest BCUT2D eigenvalue weighted by Gasteiger charge is 2.42. The van der Waals surface area contributed by atoms with Crippen molar-refractivity contribution in [2.75, 3.05) is 0 Å². The minimum Gasteiger partial charge on any atom is -0.481 e. The zero-order valence-corrected chi connectivity index (χ0v) is 15.5. The number of hydrogen-bond acceptors (Lipinski definition) is 2. The SMILES string of the molecule is O=C(O)CCCCCC[C@@H]1[C@@H](c2ccc3c(c2)CCC3)[C@H](O)C[C@@H]1Cl. The summed E-state index contributed by atoms with van der Waals surface area (Å²) in [6, 6.07) is 6.76. The molecule has 138 valence electrons. The summed E-state index contributed by atoms with van der Waals surface area (Å²) >= 11 is 6.58. The van der Waals surface area contributed by atoms with Gasteiger partial charge in [0.2, 0.25) is 0 Å². The van der Waals surface area contributed by atoms with Crippen LogP contribution in [0.25, 0.3) is 0 Å². The molecule has 0 unspecified atom stereocenters. The minimum atomic E-state index is -0.712. The van der Waals surface area contributed by atoms with Gasteiger partial charge in [0.25, 0.3) is 0 Å². The van der Waals surface area contributed by atoms with Crippen LogP contribution < -0.4 is 0 Å². The maximum Gasteiger partial charge on any atom is 0.303 e. The van der Waals surface area contributed by atoms with E-state index in [4.69, 9.17) is 16.7 Å². The van der Waals surface area contributed by atoms with Gasteiger partial charge in [0.05, 0.1) is 6.10 Å². The Morgan fingerprint density at radius 2 is 1.88 bits per heavy atom. The lowest BCUT2D eigenvalue weighted by molar-refractivity contribution is -0.137. The number of aliphatic carboxylic acids is 1. The van der Waals surface area contributed by atoms with Crippen LogP contribution >= 0.6 is 11.6 Å². The highest BCUT2D eigenvalue weighted by atomic mass is 35.5. The minimum absolute atomic E-state index is 0.0345. The average molecular weight is 365 g/mol.